The fraction of sp³-hybridized carbons (Fsp3) is 0.455. The van der Waals surface area contributed by atoms with E-state index in [2.05, 4.69) is 59.9 Å². The summed E-state index contributed by atoms with van der Waals surface area (Å²) in [6.45, 7) is 5.54. The number of halogens is 1. The SMILES string of the molecule is CC(C)CN(C)c1ccccc1Br. The van der Waals surface area contributed by atoms with Crippen molar-refractivity contribution in [3.8, 4) is 0 Å². The summed E-state index contributed by atoms with van der Waals surface area (Å²) in [7, 11) is 2.13. The number of para-hydroxylation sites is 1. The highest BCUT2D eigenvalue weighted by Gasteiger charge is 2.05. The van der Waals surface area contributed by atoms with Gasteiger partial charge in [0.15, 0.2) is 0 Å². The van der Waals surface area contributed by atoms with E-state index >= 15 is 0 Å². The first-order chi connectivity index (χ1) is 6.11. The van der Waals surface area contributed by atoms with Crippen LogP contribution in [0.4, 0.5) is 5.69 Å². The lowest BCUT2D eigenvalue weighted by Crippen LogP contribution is -2.22. The largest absolute Gasteiger partial charge is 0.373 e. The predicted octanol–water partition coefficient (Wildman–Crippen LogP) is 3.54. The maximum Gasteiger partial charge on any atom is 0.0508 e. The second kappa shape index (κ2) is 4.66. The highest BCUT2D eigenvalue weighted by Crippen LogP contribution is 2.24. The molecule has 13 heavy (non-hydrogen) atoms. The molecule has 0 spiro atoms. The third-order valence-corrected chi connectivity index (χ3v) is 2.57. The Bertz CT molecular complexity index is 271. The van der Waals surface area contributed by atoms with Crippen molar-refractivity contribution in [1.82, 2.24) is 0 Å². The van der Waals surface area contributed by atoms with Gasteiger partial charge in [0.25, 0.3) is 0 Å². The van der Waals surface area contributed by atoms with Crippen molar-refractivity contribution in [2.45, 2.75) is 13.8 Å². The van der Waals surface area contributed by atoms with Crippen LogP contribution in [-0.2, 0) is 0 Å². The summed E-state index contributed by atoms with van der Waals surface area (Å²) in [5.74, 6) is 0.692. The first-order valence-corrected chi connectivity index (χ1v) is 5.36. The van der Waals surface area contributed by atoms with Crippen molar-refractivity contribution in [1.29, 1.82) is 0 Å². The van der Waals surface area contributed by atoms with Crippen LogP contribution in [0.15, 0.2) is 28.7 Å². The number of rotatable bonds is 3. The van der Waals surface area contributed by atoms with Crippen molar-refractivity contribution in [2.75, 3.05) is 18.5 Å². The Morgan fingerprint density at radius 1 is 1.31 bits per heavy atom. The molecule has 0 aliphatic heterocycles. The normalized spacial score (nSPS) is 10.5. The minimum absolute atomic E-state index is 0.692. The maximum absolute atomic E-state index is 3.55. The van der Waals surface area contributed by atoms with Gasteiger partial charge in [-0.2, -0.15) is 0 Å². The molecule has 0 unspecified atom stereocenters. The molecule has 1 rings (SSSR count). The minimum atomic E-state index is 0.692. The predicted molar refractivity (Wildman–Crippen MR) is 62.3 cm³/mol. The fourth-order valence-electron chi connectivity index (χ4n) is 1.41. The van der Waals surface area contributed by atoms with Crippen LogP contribution in [0.1, 0.15) is 13.8 Å². The molecule has 0 fully saturated rings. The summed E-state index contributed by atoms with van der Waals surface area (Å²) in [5, 5.41) is 0. The van der Waals surface area contributed by atoms with Gasteiger partial charge < -0.3 is 4.90 Å². The Morgan fingerprint density at radius 2 is 1.92 bits per heavy atom. The Kier molecular flexibility index (Phi) is 3.79. The van der Waals surface area contributed by atoms with Crippen molar-refractivity contribution < 1.29 is 0 Å². The Balaban J connectivity index is 2.76. The molecular formula is C11H16BrN. The summed E-state index contributed by atoms with van der Waals surface area (Å²) >= 11 is 3.55. The molecule has 1 aromatic carbocycles. The Morgan fingerprint density at radius 3 is 2.46 bits per heavy atom. The van der Waals surface area contributed by atoms with E-state index in [4.69, 9.17) is 0 Å². The van der Waals surface area contributed by atoms with Crippen molar-refractivity contribution in [3.63, 3.8) is 0 Å². The van der Waals surface area contributed by atoms with Gasteiger partial charge in [-0.3, -0.25) is 0 Å². The van der Waals surface area contributed by atoms with E-state index in [-0.39, 0.29) is 0 Å². The molecule has 0 aliphatic rings. The number of anilines is 1. The topological polar surface area (TPSA) is 3.24 Å². The minimum Gasteiger partial charge on any atom is -0.373 e. The lowest BCUT2D eigenvalue weighted by atomic mass is 10.2. The number of hydrogen-bond donors (Lipinski definition) is 0. The Hall–Kier alpha value is -0.500. The lowest BCUT2D eigenvalue weighted by molar-refractivity contribution is 0.638. The molecule has 0 atom stereocenters. The lowest BCUT2D eigenvalue weighted by Gasteiger charge is -2.22. The van der Waals surface area contributed by atoms with Crippen LogP contribution in [0, 0.1) is 5.92 Å². The molecular weight excluding hydrogens is 226 g/mol. The van der Waals surface area contributed by atoms with Crippen LogP contribution in [0.3, 0.4) is 0 Å². The maximum atomic E-state index is 3.55. The van der Waals surface area contributed by atoms with Crippen LogP contribution in [0.5, 0.6) is 0 Å². The van der Waals surface area contributed by atoms with Crippen molar-refractivity contribution in [2.24, 2.45) is 5.92 Å². The van der Waals surface area contributed by atoms with Gasteiger partial charge in [0.2, 0.25) is 0 Å². The molecule has 1 nitrogen and oxygen atoms in total. The molecule has 0 radical (unpaired) electrons. The quantitative estimate of drug-likeness (QED) is 0.783. The molecule has 0 heterocycles. The van der Waals surface area contributed by atoms with Crippen LogP contribution in [0.25, 0.3) is 0 Å². The van der Waals surface area contributed by atoms with E-state index in [1.807, 2.05) is 6.07 Å². The summed E-state index contributed by atoms with van der Waals surface area (Å²) in [6, 6.07) is 8.31. The van der Waals surface area contributed by atoms with Crippen LogP contribution >= 0.6 is 15.9 Å². The standard InChI is InChI=1S/C11H16BrN/c1-9(2)8-13(3)11-7-5-4-6-10(11)12/h4-7,9H,8H2,1-3H3. The zero-order valence-corrected chi connectivity index (χ0v) is 10.0. The summed E-state index contributed by atoms with van der Waals surface area (Å²) in [5.41, 5.74) is 1.26. The summed E-state index contributed by atoms with van der Waals surface area (Å²) in [6.07, 6.45) is 0. The molecule has 2 heteroatoms. The molecule has 0 saturated carbocycles. The zero-order valence-electron chi connectivity index (χ0n) is 8.42. The third-order valence-electron chi connectivity index (χ3n) is 1.90. The molecule has 0 aliphatic carbocycles. The van der Waals surface area contributed by atoms with E-state index in [0.29, 0.717) is 5.92 Å². The van der Waals surface area contributed by atoms with Gasteiger partial charge in [-0.25, -0.2) is 0 Å². The summed E-state index contributed by atoms with van der Waals surface area (Å²) < 4.78 is 1.16. The van der Waals surface area contributed by atoms with Crippen LogP contribution < -0.4 is 4.90 Å². The van der Waals surface area contributed by atoms with Gasteiger partial charge >= 0.3 is 0 Å². The van der Waals surface area contributed by atoms with E-state index in [1.165, 1.54) is 5.69 Å². The second-order valence-corrected chi connectivity index (χ2v) is 4.58. The Labute approximate surface area is 88.9 Å². The smallest absolute Gasteiger partial charge is 0.0508 e. The van der Waals surface area contributed by atoms with Crippen LogP contribution in [0.2, 0.25) is 0 Å². The van der Waals surface area contributed by atoms with Crippen LogP contribution in [-0.4, -0.2) is 13.6 Å². The molecule has 0 saturated heterocycles. The monoisotopic (exact) mass is 241 g/mol. The molecule has 0 bridgehead atoms. The molecule has 0 N–H and O–H groups in total. The van der Waals surface area contributed by atoms with Gasteiger partial charge in [0.05, 0.1) is 5.69 Å². The van der Waals surface area contributed by atoms with Gasteiger partial charge in [-0.15, -0.1) is 0 Å². The average molecular weight is 242 g/mol. The fourth-order valence-corrected chi connectivity index (χ4v) is 1.99. The van der Waals surface area contributed by atoms with Crippen molar-refractivity contribution in [3.05, 3.63) is 28.7 Å². The second-order valence-electron chi connectivity index (χ2n) is 3.73. The number of benzene rings is 1. The number of nitrogens with zero attached hydrogens (tertiary/aromatic N) is 1. The molecule has 1 aromatic rings. The highest BCUT2D eigenvalue weighted by molar-refractivity contribution is 9.10. The summed E-state index contributed by atoms with van der Waals surface area (Å²) in [4.78, 5) is 2.27. The highest BCUT2D eigenvalue weighted by atomic mass is 79.9. The molecule has 0 aromatic heterocycles. The first-order valence-electron chi connectivity index (χ1n) is 4.57. The molecule has 0 amide bonds. The average Bonchev–Trinajstić information content (AvgIpc) is 2.03. The van der Waals surface area contributed by atoms with E-state index in [9.17, 15) is 0 Å². The van der Waals surface area contributed by atoms with Gasteiger partial charge in [-0.05, 0) is 34.0 Å². The van der Waals surface area contributed by atoms with Crippen molar-refractivity contribution >= 4 is 21.6 Å². The van der Waals surface area contributed by atoms with E-state index in [1.54, 1.807) is 0 Å². The van der Waals surface area contributed by atoms with Gasteiger partial charge in [0, 0.05) is 18.1 Å². The zero-order chi connectivity index (χ0) is 9.84. The van der Waals surface area contributed by atoms with Gasteiger partial charge in [0.1, 0.15) is 0 Å². The molecule has 72 valence electrons. The van der Waals surface area contributed by atoms with Gasteiger partial charge in [-0.1, -0.05) is 26.0 Å². The first kappa shape index (κ1) is 10.6. The van der Waals surface area contributed by atoms with E-state index < -0.39 is 0 Å². The third kappa shape index (κ3) is 3.03. The number of hydrogen-bond acceptors (Lipinski definition) is 1. The van der Waals surface area contributed by atoms with E-state index in [0.717, 1.165) is 11.0 Å².